The summed E-state index contributed by atoms with van der Waals surface area (Å²) in [6, 6.07) is 6.09. The summed E-state index contributed by atoms with van der Waals surface area (Å²) >= 11 is 3.64. The van der Waals surface area contributed by atoms with E-state index in [1.807, 2.05) is 16.8 Å². The van der Waals surface area contributed by atoms with Crippen molar-refractivity contribution in [3.8, 4) is 5.75 Å². The van der Waals surface area contributed by atoms with Crippen LogP contribution in [0.3, 0.4) is 0 Å². The predicted octanol–water partition coefficient (Wildman–Crippen LogP) is 3.57. The third kappa shape index (κ3) is 3.47. The molecule has 1 aromatic heterocycles. The van der Waals surface area contributed by atoms with Gasteiger partial charge in [0.2, 0.25) is 0 Å². The fourth-order valence-electron chi connectivity index (χ4n) is 2.31. The molecule has 0 atom stereocenters. The smallest absolute Gasteiger partial charge is 0.131 e. The number of halogens is 1. The minimum atomic E-state index is 0.478. The average molecular weight is 352 g/mol. The zero-order valence-corrected chi connectivity index (χ0v) is 14.4. The number of hydrogen-bond donors (Lipinski definition) is 1. The van der Waals surface area contributed by atoms with Crippen molar-refractivity contribution in [3.63, 3.8) is 0 Å². The first kappa shape index (κ1) is 16.0. The number of rotatable bonds is 6. The van der Waals surface area contributed by atoms with Crippen molar-refractivity contribution in [2.75, 3.05) is 0 Å². The maximum Gasteiger partial charge on any atom is 0.131 e. The molecule has 114 valence electrons. The lowest BCUT2D eigenvalue weighted by atomic mass is 10.1. The van der Waals surface area contributed by atoms with Gasteiger partial charge in [0, 0.05) is 18.7 Å². The maximum atomic E-state index is 5.98. The van der Waals surface area contributed by atoms with Gasteiger partial charge in [-0.1, -0.05) is 24.6 Å². The predicted molar refractivity (Wildman–Crippen MR) is 88.4 cm³/mol. The fourth-order valence-corrected chi connectivity index (χ4v) is 2.99. The third-order valence-corrected chi connectivity index (χ3v) is 4.41. The van der Waals surface area contributed by atoms with Crippen molar-refractivity contribution in [3.05, 3.63) is 45.2 Å². The standard InChI is InChI=1S/C16H22BrN3O/c1-4-13-16(17)14(20(5-2)19-13)10-21-15-7-6-11(3)8-12(15)9-18/h6-8H,4-5,9-10,18H2,1-3H3. The summed E-state index contributed by atoms with van der Waals surface area (Å²) in [4.78, 5) is 0. The minimum Gasteiger partial charge on any atom is -0.487 e. The van der Waals surface area contributed by atoms with Crippen molar-refractivity contribution in [1.29, 1.82) is 0 Å². The fraction of sp³-hybridized carbons (Fsp3) is 0.438. The quantitative estimate of drug-likeness (QED) is 0.865. The van der Waals surface area contributed by atoms with Crippen LogP contribution >= 0.6 is 15.9 Å². The first-order valence-corrected chi connectivity index (χ1v) is 8.06. The summed E-state index contributed by atoms with van der Waals surface area (Å²) in [5.41, 5.74) is 10.2. The van der Waals surface area contributed by atoms with Gasteiger partial charge < -0.3 is 10.5 Å². The van der Waals surface area contributed by atoms with Crippen molar-refractivity contribution in [2.24, 2.45) is 5.73 Å². The van der Waals surface area contributed by atoms with E-state index in [0.29, 0.717) is 13.2 Å². The molecule has 2 rings (SSSR count). The topological polar surface area (TPSA) is 53.1 Å². The van der Waals surface area contributed by atoms with Crippen LogP contribution in [0.15, 0.2) is 22.7 Å². The van der Waals surface area contributed by atoms with E-state index in [4.69, 9.17) is 10.5 Å². The lowest BCUT2D eigenvalue weighted by Crippen LogP contribution is -2.08. The van der Waals surface area contributed by atoms with Crippen LogP contribution in [0.5, 0.6) is 5.75 Å². The van der Waals surface area contributed by atoms with E-state index in [0.717, 1.165) is 40.1 Å². The minimum absolute atomic E-state index is 0.478. The van der Waals surface area contributed by atoms with Crippen LogP contribution in [0.1, 0.15) is 36.4 Å². The Morgan fingerprint density at radius 2 is 2.10 bits per heavy atom. The SMILES string of the molecule is CCc1nn(CC)c(COc2ccc(C)cc2CN)c1Br. The van der Waals surface area contributed by atoms with Crippen molar-refractivity contribution in [2.45, 2.75) is 46.9 Å². The van der Waals surface area contributed by atoms with E-state index >= 15 is 0 Å². The second-order valence-corrected chi connectivity index (χ2v) is 5.77. The summed E-state index contributed by atoms with van der Waals surface area (Å²) in [7, 11) is 0. The summed E-state index contributed by atoms with van der Waals surface area (Å²) in [5, 5.41) is 4.58. The zero-order valence-electron chi connectivity index (χ0n) is 12.8. The van der Waals surface area contributed by atoms with Crippen LogP contribution in [0, 0.1) is 6.92 Å². The van der Waals surface area contributed by atoms with Gasteiger partial charge in [0.1, 0.15) is 12.4 Å². The molecule has 0 fully saturated rings. The molecule has 0 amide bonds. The van der Waals surface area contributed by atoms with Crippen molar-refractivity contribution < 1.29 is 4.74 Å². The number of nitrogens with zero attached hydrogens (tertiary/aromatic N) is 2. The molecule has 0 saturated carbocycles. The van der Waals surface area contributed by atoms with Gasteiger partial charge in [-0.2, -0.15) is 5.10 Å². The highest BCUT2D eigenvalue weighted by molar-refractivity contribution is 9.10. The van der Waals surface area contributed by atoms with Gasteiger partial charge in [0.05, 0.1) is 15.9 Å². The van der Waals surface area contributed by atoms with Gasteiger partial charge in [-0.05, 0) is 42.3 Å². The van der Waals surface area contributed by atoms with Crippen molar-refractivity contribution >= 4 is 15.9 Å². The monoisotopic (exact) mass is 351 g/mol. The van der Waals surface area contributed by atoms with Crippen LogP contribution in [-0.2, 0) is 26.1 Å². The molecule has 0 saturated heterocycles. The highest BCUT2D eigenvalue weighted by Crippen LogP contribution is 2.25. The Bertz CT molecular complexity index is 622. The van der Waals surface area contributed by atoms with Crippen molar-refractivity contribution in [1.82, 2.24) is 9.78 Å². The Balaban J connectivity index is 2.22. The second-order valence-electron chi connectivity index (χ2n) is 4.98. The molecule has 0 aliphatic heterocycles. The van der Waals surface area contributed by atoms with Gasteiger partial charge in [-0.25, -0.2) is 0 Å². The first-order chi connectivity index (χ1) is 10.1. The average Bonchev–Trinajstić information content (AvgIpc) is 2.81. The molecular formula is C16H22BrN3O. The van der Waals surface area contributed by atoms with Crippen LogP contribution < -0.4 is 10.5 Å². The number of aryl methyl sites for hydroxylation is 3. The molecule has 0 bridgehead atoms. The Morgan fingerprint density at radius 1 is 1.33 bits per heavy atom. The summed E-state index contributed by atoms with van der Waals surface area (Å²) < 4.78 is 9.01. The summed E-state index contributed by atoms with van der Waals surface area (Å²) in [6.45, 7) is 8.03. The normalized spacial score (nSPS) is 10.9. The molecule has 0 aliphatic carbocycles. The van der Waals surface area contributed by atoms with E-state index in [1.54, 1.807) is 0 Å². The Hall–Kier alpha value is -1.33. The molecule has 1 aromatic carbocycles. The highest BCUT2D eigenvalue weighted by Gasteiger charge is 2.15. The number of aromatic nitrogens is 2. The van der Waals surface area contributed by atoms with E-state index in [-0.39, 0.29) is 0 Å². The van der Waals surface area contributed by atoms with Crippen LogP contribution in [-0.4, -0.2) is 9.78 Å². The van der Waals surface area contributed by atoms with Crippen LogP contribution in [0.2, 0.25) is 0 Å². The molecule has 4 nitrogen and oxygen atoms in total. The van der Waals surface area contributed by atoms with Gasteiger partial charge in [-0.3, -0.25) is 4.68 Å². The molecule has 5 heteroatoms. The van der Waals surface area contributed by atoms with E-state index in [9.17, 15) is 0 Å². The van der Waals surface area contributed by atoms with E-state index in [1.165, 1.54) is 5.56 Å². The highest BCUT2D eigenvalue weighted by atomic mass is 79.9. The second kappa shape index (κ2) is 7.09. The number of nitrogens with two attached hydrogens (primary N) is 1. The molecule has 21 heavy (non-hydrogen) atoms. The molecule has 0 radical (unpaired) electrons. The Kier molecular flexibility index (Phi) is 5.42. The lowest BCUT2D eigenvalue weighted by Gasteiger charge is -2.12. The molecule has 2 aromatic rings. The summed E-state index contributed by atoms with van der Waals surface area (Å²) in [5.74, 6) is 0.844. The van der Waals surface area contributed by atoms with Gasteiger partial charge in [0.25, 0.3) is 0 Å². The van der Waals surface area contributed by atoms with Crippen LogP contribution in [0.4, 0.5) is 0 Å². The summed E-state index contributed by atoms with van der Waals surface area (Å²) in [6.07, 6.45) is 0.902. The molecule has 2 N–H and O–H groups in total. The maximum absolute atomic E-state index is 5.98. The number of ether oxygens (including phenoxy) is 1. The molecular weight excluding hydrogens is 330 g/mol. The Morgan fingerprint density at radius 3 is 2.71 bits per heavy atom. The first-order valence-electron chi connectivity index (χ1n) is 7.27. The lowest BCUT2D eigenvalue weighted by molar-refractivity contribution is 0.288. The largest absolute Gasteiger partial charge is 0.487 e. The molecule has 0 aliphatic rings. The van der Waals surface area contributed by atoms with Gasteiger partial charge >= 0.3 is 0 Å². The van der Waals surface area contributed by atoms with E-state index in [2.05, 4.69) is 47.9 Å². The number of hydrogen-bond acceptors (Lipinski definition) is 3. The third-order valence-electron chi connectivity index (χ3n) is 3.49. The van der Waals surface area contributed by atoms with E-state index < -0.39 is 0 Å². The van der Waals surface area contributed by atoms with Gasteiger partial charge in [0.15, 0.2) is 0 Å². The molecule has 0 spiro atoms. The Labute approximate surface area is 134 Å². The zero-order chi connectivity index (χ0) is 15.4. The molecule has 0 unspecified atom stereocenters. The molecule has 1 heterocycles. The van der Waals surface area contributed by atoms with Gasteiger partial charge in [-0.15, -0.1) is 0 Å². The number of benzene rings is 1. The van der Waals surface area contributed by atoms with Crippen LogP contribution in [0.25, 0.3) is 0 Å².